The lowest BCUT2D eigenvalue weighted by atomic mass is 10.2. The lowest BCUT2D eigenvalue weighted by Gasteiger charge is -2.04. The number of hydrazone groups is 1. The van der Waals surface area contributed by atoms with E-state index in [1.54, 1.807) is 24.3 Å². The van der Waals surface area contributed by atoms with E-state index in [0.717, 1.165) is 5.56 Å². The van der Waals surface area contributed by atoms with Crippen molar-refractivity contribution in [2.75, 3.05) is 6.61 Å². The molecular formula is C16H15N3O4. The van der Waals surface area contributed by atoms with Crippen LogP contribution in [0.25, 0.3) is 0 Å². The third-order valence-electron chi connectivity index (χ3n) is 2.87. The standard InChI is InChI=1S/C16H15N3O4/c1-12-5-7-15(8-6-12)23-11-16(20)18-17-10-13-3-2-4-14(9-13)19(21)22/h2-10H,11H2,1H3,(H,18,20)/b17-10-. The number of nitro benzene ring substituents is 1. The van der Waals surface area contributed by atoms with Gasteiger partial charge in [-0.3, -0.25) is 14.9 Å². The van der Waals surface area contributed by atoms with Crippen LogP contribution in [0, 0.1) is 17.0 Å². The third-order valence-corrected chi connectivity index (χ3v) is 2.87. The summed E-state index contributed by atoms with van der Waals surface area (Å²) >= 11 is 0. The fourth-order valence-corrected chi connectivity index (χ4v) is 1.71. The predicted octanol–water partition coefficient (Wildman–Crippen LogP) is 2.43. The minimum atomic E-state index is -0.495. The number of hydrogen-bond acceptors (Lipinski definition) is 5. The predicted molar refractivity (Wildman–Crippen MR) is 85.5 cm³/mol. The van der Waals surface area contributed by atoms with Gasteiger partial charge in [0.25, 0.3) is 11.6 Å². The number of rotatable bonds is 6. The van der Waals surface area contributed by atoms with Gasteiger partial charge in [0.1, 0.15) is 5.75 Å². The molecule has 0 aliphatic heterocycles. The molecule has 0 aliphatic carbocycles. The molecule has 0 saturated heterocycles. The van der Waals surface area contributed by atoms with Gasteiger partial charge in [-0.25, -0.2) is 5.43 Å². The molecule has 0 radical (unpaired) electrons. The van der Waals surface area contributed by atoms with E-state index in [9.17, 15) is 14.9 Å². The Morgan fingerprint density at radius 3 is 2.74 bits per heavy atom. The molecule has 1 amide bonds. The van der Waals surface area contributed by atoms with E-state index in [4.69, 9.17) is 4.74 Å². The average molecular weight is 313 g/mol. The van der Waals surface area contributed by atoms with Gasteiger partial charge in [-0.05, 0) is 19.1 Å². The van der Waals surface area contributed by atoms with Gasteiger partial charge in [0.2, 0.25) is 0 Å². The number of hydrogen-bond donors (Lipinski definition) is 1. The van der Waals surface area contributed by atoms with Gasteiger partial charge in [0.05, 0.1) is 11.1 Å². The van der Waals surface area contributed by atoms with Crippen LogP contribution in [0.4, 0.5) is 5.69 Å². The van der Waals surface area contributed by atoms with Gasteiger partial charge in [0, 0.05) is 17.7 Å². The van der Waals surface area contributed by atoms with Crippen LogP contribution in [-0.4, -0.2) is 23.7 Å². The molecular weight excluding hydrogens is 298 g/mol. The molecule has 0 heterocycles. The second-order valence-corrected chi connectivity index (χ2v) is 4.75. The lowest BCUT2D eigenvalue weighted by Crippen LogP contribution is -2.24. The number of benzene rings is 2. The van der Waals surface area contributed by atoms with Crippen molar-refractivity contribution in [3.8, 4) is 5.75 Å². The smallest absolute Gasteiger partial charge is 0.277 e. The van der Waals surface area contributed by atoms with Gasteiger partial charge in [-0.1, -0.05) is 29.8 Å². The minimum Gasteiger partial charge on any atom is -0.484 e. The molecule has 7 nitrogen and oxygen atoms in total. The summed E-state index contributed by atoms with van der Waals surface area (Å²) in [6.45, 7) is 1.79. The van der Waals surface area contributed by atoms with Crippen LogP contribution in [0.1, 0.15) is 11.1 Å². The van der Waals surface area contributed by atoms with E-state index < -0.39 is 10.8 Å². The van der Waals surface area contributed by atoms with Crippen LogP contribution in [-0.2, 0) is 4.79 Å². The minimum absolute atomic E-state index is 0.0389. The highest BCUT2D eigenvalue weighted by atomic mass is 16.6. The number of carbonyl (C=O) groups is 1. The Bertz CT molecular complexity index is 726. The van der Waals surface area contributed by atoms with Crippen molar-refractivity contribution in [3.63, 3.8) is 0 Å². The summed E-state index contributed by atoms with van der Waals surface area (Å²) in [5.41, 5.74) is 3.87. The van der Waals surface area contributed by atoms with Crippen molar-refractivity contribution in [3.05, 3.63) is 69.8 Å². The van der Waals surface area contributed by atoms with Gasteiger partial charge >= 0.3 is 0 Å². The second-order valence-electron chi connectivity index (χ2n) is 4.75. The van der Waals surface area contributed by atoms with Crippen molar-refractivity contribution in [2.45, 2.75) is 6.92 Å². The van der Waals surface area contributed by atoms with Crippen molar-refractivity contribution in [2.24, 2.45) is 5.10 Å². The molecule has 118 valence electrons. The first-order chi connectivity index (χ1) is 11.0. The van der Waals surface area contributed by atoms with Crippen molar-refractivity contribution < 1.29 is 14.5 Å². The normalized spacial score (nSPS) is 10.5. The quantitative estimate of drug-likeness (QED) is 0.503. The first-order valence-corrected chi connectivity index (χ1v) is 6.80. The summed E-state index contributed by atoms with van der Waals surface area (Å²) in [4.78, 5) is 21.7. The molecule has 0 aromatic heterocycles. The molecule has 0 aliphatic rings. The number of nitro groups is 1. The maximum atomic E-state index is 11.6. The molecule has 0 atom stereocenters. The number of ether oxygens (including phenoxy) is 1. The Hall–Kier alpha value is -3.22. The molecule has 0 unspecified atom stereocenters. The van der Waals surface area contributed by atoms with Crippen LogP contribution in [0.3, 0.4) is 0 Å². The van der Waals surface area contributed by atoms with E-state index in [1.807, 2.05) is 19.1 Å². The molecule has 1 N–H and O–H groups in total. The molecule has 0 bridgehead atoms. The third kappa shape index (κ3) is 5.24. The zero-order chi connectivity index (χ0) is 16.7. The number of nitrogens with zero attached hydrogens (tertiary/aromatic N) is 2. The molecule has 0 fully saturated rings. The summed E-state index contributed by atoms with van der Waals surface area (Å²) in [7, 11) is 0. The fourth-order valence-electron chi connectivity index (χ4n) is 1.71. The molecule has 0 saturated carbocycles. The number of nitrogens with one attached hydrogen (secondary N) is 1. The average Bonchev–Trinajstić information content (AvgIpc) is 2.54. The Labute approximate surface area is 132 Å². The molecule has 23 heavy (non-hydrogen) atoms. The van der Waals surface area contributed by atoms with Crippen LogP contribution in [0.15, 0.2) is 53.6 Å². The Morgan fingerprint density at radius 1 is 1.30 bits per heavy atom. The highest BCUT2D eigenvalue weighted by Crippen LogP contribution is 2.12. The Morgan fingerprint density at radius 2 is 2.04 bits per heavy atom. The number of aryl methyl sites for hydroxylation is 1. The zero-order valence-corrected chi connectivity index (χ0v) is 12.4. The summed E-state index contributed by atoms with van der Waals surface area (Å²) in [5.74, 6) is 0.167. The van der Waals surface area contributed by atoms with Gasteiger partial charge in [-0.15, -0.1) is 0 Å². The van der Waals surface area contributed by atoms with E-state index in [1.165, 1.54) is 18.3 Å². The Kier molecular flexibility index (Phi) is 5.40. The highest BCUT2D eigenvalue weighted by molar-refractivity contribution is 5.83. The molecule has 2 rings (SSSR count). The summed E-state index contributed by atoms with van der Waals surface area (Å²) in [5, 5.41) is 14.4. The second kappa shape index (κ2) is 7.69. The van der Waals surface area contributed by atoms with E-state index >= 15 is 0 Å². The van der Waals surface area contributed by atoms with E-state index in [0.29, 0.717) is 11.3 Å². The maximum absolute atomic E-state index is 11.6. The van der Waals surface area contributed by atoms with Crippen molar-refractivity contribution in [1.82, 2.24) is 5.43 Å². The van der Waals surface area contributed by atoms with E-state index in [2.05, 4.69) is 10.5 Å². The molecule has 2 aromatic carbocycles. The topological polar surface area (TPSA) is 93.8 Å². The summed E-state index contributed by atoms with van der Waals surface area (Å²) < 4.78 is 5.30. The SMILES string of the molecule is Cc1ccc(OCC(=O)N/N=C\c2cccc([N+](=O)[O-])c2)cc1. The van der Waals surface area contributed by atoms with Crippen molar-refractivity contribution in [1.29, 1.82) is 0 Å². The molecule has 2 aromatic rings. The number of non-ortho nitro benzene ring substituents is 1. The van der Waals surface area contributed by atoms with Gasteiger partial charge in [-0.2, -0.15) is 5.10 Å². The van der Waals surface area contributed by atoms with Crippen LogP contribution in [0.2, 0.25) is 0 Å². The zero-order valence-electron chi connectivity index (χ0n) is 12.4. The highest BCUT2D eigenvalue weighted by Gasteiger charge is 2.04. The fraction of sp³-hybridized carbons (Fsp3) is 0.125. The molecule has 7 heteroatoms. The monoisotopic (exact) mass is 313 g/mol. The summed E-state index contributed by atoms with van der Waals surface area (Å²) in [6, 6.07) is 13.2. The van der Waals surface area contributed by atoms with Gasteiger partial charge < -0.3 is 4.74 Å². The molecule has 0 spiro atoms. The first-order valence-electron chi connectivity index (χ1n) is 6.80. The summed E-state index contributed by atoms with van der Waals surface area (Å²) in [6.07, 6.45) is 1.33. The van der Waals surface area contributed by atoms with Crippen molar-refractivity contribution >= 4 is 17.8 Å². The number of carbonyl (C=O) groups excluding carboxylic acids is 1. The van der Waals surface area contributed by atoms with Gasteiger partial charge in [0.15, 0.2) is 6.61 Å². The number of amides is 1. The first kappa shape index (κ1) is 16.2. The maximum Gasteiger partial charge on any atom is 0.277 e. The Balaban J connectivity index is 1.83. The van der Waals surface area contributed by atoms with Crippen LogP contribution in [0.5, 0.6) is 5.75 Å². The van der Waals surface area contributed by atoms with Crippen LogP contribution < -0.4 is 10.2 Å². The van der Waals surface area contributed by atoms with Crippen LogP contribution >= 0.6 is 0 Å². The lowest BCUT2D eigenvalue weighted by molar-refractivity contribution is -0.384. The van der Waals surface area contributed by atoms with E-state index in [-0.39, 0.29) is 12.3 Å². The largest absolute Gasteiger partial charge is 0.484 e.